The van der Waals surface area contributed by atoms with E-state index in [1.165, 1.54) is 0 Å². The molecule has 3 aromatic rings. The summed E-state index contributed by atoms with van der Waals surface area (Å²) in [5.41, 5.74) is 3.90. The summed E-state index contributed by atoms with van der Waals surface area (Å²) in [5.74, 6) is 1.21. The first-order valence-corrected chi connectivity index (χ1v) is 7.37. The summed E-state index contributed by atoms with van der Waals surface area (Å²) in [7, 11) is 0. The van der Waals surface area contributed by atoms with Crippen molar-refractivity contribution in [3.63, 3.8) is 0 Å². The maximum Gasteiger partial charge on any atom is 0.160 e. The molecule has 0 aromatic carbocycles. The quantitative estimate of drug-likeness (QED) is 0.696. The van der Waals surface area contributed by atoms with Gasteiger partial charge >= 0.3 is 0 Å². The topological polar surface area (TPSA) is 43.6 Å². The van der Waals surface area contributed by atoms with E-state index in [1.54, 1.807) is 11.3 Å². The Labute approximate surface area is 120 Å². The molecule has 0 saturated heterocycles. The van der Waals surface area contributed by atoms with E-state index in [4.69, 9.17) is 11.6 Å². The minimum absolute atomic E-state index is 0.375. The molecule has 0 unspecified atom stereocenters. The average molecular weight is 293 g/mol. The number of rotatable bonds is 3. The van der Waals surface area contributed by atoms with Crippen LogP contribution in [0.2, 0.25) is 0 Å². The zero-order valence-corrected chi connectivity index (χ0v) is 12.3. The summed E-state index contributed by atoms with van der Waals surface area (Å²) >= 11 is 7.63. The molecular weight excluding hydrogens is 280 g/mol. The lowest BCUT2D eigenvalue weighted by Crippen LogP contribution is -2.04. The van der Waals surface area contributed by atoms with Gasteiger partial charge in [0.15, 0.2) is 5.65 Å². The number of alkyl halides is 1. The van der Waals surface area contributed by atoms with Crippen LogP contribution in [0.15, 0.2) is 17.6 Å². The molecule has 0 amide bonds. The van der Waals surface area contributed by atoms with Gasteiger partial charge in [-0.25, -0.2) is 15.0 Å². The fourth-order valence-electron chi connectivity index (χ4n) is 2.04. The standard InChI is InChI=1S/C13H13ClN4S/c1-8-3-10-13(15-5-8)18(11(4-14)17-10)6-12-16-9(2)7-19-12/h3,5,7H,4,6H2,1-2H3. The lowest BCUT2D eigenvalue weighted by Gasteiger charge is -2.04. The highest BCUT2D eigenvalue weighted by molar-refractivity contribution is 7.09. The Morgan fingerprint density at radius 1 is 1.32 bits per heavy atom. The van der Waals surface area contributed by atoms with Gasteiger partial charge < -0.3 is 4.57 Å². The highest BCUT2D eigenvalue weighted by atomic mass is 35.5. The van der Waals surface area contributed by atoms with Crippen molar-refractivity contribution >= 4 is 34.1 Å². The van der Waals surface area contributed by atoms with Gasteiger partial charge in [-0.05, 0) is 25.5 Å². The first kappa shape index (κ1) is 12.6. The van der Waals surface area contributed by atoms with Crippen LogP contribution >= 0.6 is 22.9 Å². The molecule has 0 aliphatic rings. The van der Waals surface area contributed by atoms with Gasteiger partial charge in [-0.1, -0.05) is 0 Å². The van der Waals surface area contributed by atoms with Crippen LogP contribution in [0.5, 0.6) is 0 Å². The molecule has 3 aromatic heterocycles. The third-order valence-electron chi connectivity index (χ3n) is 2.88. The summed E-state index contributed by atoms with van der Waals surface area (Å²) < 4.78 is 2.04. The SMILES string of the molecule is Cc1cnc2c(c1)nc(CCl)n2Cc1nc(C)cs1. The van der Waals surface area contributed by atoms with E-state index in [2.05, 4.69) is 15.0 Å². The Hall–Kier alpha value is -1.46. The molecule has 0 saturated carbocycles. The number of nitrogens with zero attached hydrogens (tertiary/aromatic N) is 4. The van der Waals surface area contributed by atoms with Crippen LogP contribution in [0.3, 0.4) is 0 Å². The number of aryl methyl sites for hydroxylation is 2. The summed E-state index contributed by atoms with van der Waals surface area (Å²) in [6.45, 7) is 4.68. The number of hydrogen-bond acceptors (Lipinski definition) is 4. The van der Waals surface area contributed by atoms with E-state index >= 15 is 0 Å². The van der Waals surface area contributed by atoms with Crippen molar-refractivity contribution in [2.24, 2.45) is 0 Å². The van der Waals surface area contributed by atoms with Crippen LogP contribution in [0.25, 0.3) is 11.2 Å². The van der Waals surface area contributed by atoms with Gasteiger partial charge in [0.1, 0.15) is 16.3 Å². The zero-order valence-electron chi connectivity index (χ0n) is 10.7. The van der Waals surface area contributed by atoms with Gasteiger partial charge in [0, 0.05) is 17.3 Å². The third kappa shape index (κ3) is 2.35. The van der Waals surface area contributed by atoms with Gasteiger partial charge in [-0.2, -0.15) is 0 Å². The summed E-state index contributed by atoms with van der Waals surface area (Å²) in [6.07, 6.45) is 1.85. The van der Waals surface area contributed by atoms with Gasteiger partial charge in [-0.3, -0.25) is 0 Å². The fourth-order valence-corrected chi connectivity index (χ4v) is 3.00. The maximum absolute atomic E-state index is 5.99. The molecule has 0 bridgehead atoms. The van der Waals surface area contributed by atoms with Gasteiger partial charge in [0.25, 0.3) is 0 Å². The number of imidazole rings is 1. The Balaban J connectivity index is 2.10. The predicted molar refractivity (Wildman–Crippen MR) is 77.8 cm³/mol. The van der Waals surface area contributed by atoms with Gasteiger partial charge in [0.2, 0.25) is 0 Å². The van der Waals surface area contributed by atoms with Gasteiger partial charge in [0.05, 0.1) is 12.4 Å². The molecule has 0 aliphatic carbocycles. The second-order valence-corrected chi connectivity index (χ2v) is 5.70. The average Bonchev–Trinajstić information content (AvgIpc) is 2.94. The molecule has 98 valence electrons. The number of thiazole rings is 1. The molecule has 3 rings (SSSR count). The maximum atomic E-state index is 5.99. The summed E-state index contributed by atoms with van der Waals surface area (Å²) in [5, 5.41) is 3.09. The van der Waals surface area contributed by atoms with E-state index < -0.39 is 0 Å². The zero-order chi connectivity index (χ0) is 13.4. The summed E-state index contributed by atoms with van der Waals surface area (Å²) in [6, 6.07) is 2.03. The monoisotopic (exact) mass is 292 g/mol. The lowest BCUT2D eigenvalue weighted by atomic mass is 10.3. The molecular formula is C13H13ClN4S. The van der Waals surface area contributed by atoms with Crippen LogP contribution in [0, 0.1) is 13.8 Å². The number of aromatic nitrogens is 4. The second-order valence-electron chi connectivity index (χ2n) is 4.49. The molecule has 0 fully saturated rings. The fraction of sp³-hybridized carbons (Fsp3) is 0.308. The molecule has 0 spiro atoms. The van der Waals surface area contributed by atoms with E-state index in [0.29, 0.717) is 12.4 Å². The van der Waals surface area contributed by atoms with E-state index in [-0.39, 0.29) is 0 Å². The van der Waals surface area contributed by atoms with Crippen molar-refractivity contribution < 1.29 is 0 Å². The van der Waals surface area contributed by atoms with E-state index in [1.807, 2.05) is 36.1 Å². The molecule has 3 heterocycles. The Morgan fingerprint density at radius 3 is 2.84 bits per heavy atom. The predicted octanol–water partition coefficient (Wildman–Crippen LogP) is 3.29. The number of fused-ring (bicyclic) bond motifs is 1. The highest BCUT2D eigenvalue weighted by Crippen LogP contribution is 2.19. The number of halogens is 1. The second kappa shape index (κ2) is 4.90. The van der Waals surface area contributed by atoms with E-state index in [9.17, 15) is 0 Å². The number of hydrogen-bond donors (Lipinski definition) is 0. The van der Waals surface area contributed by atoms with Crippen LogP contribution in [-0.4, -0.2) is 19.5 Å². The minimum Gasteiger partial charge on any atom is -0.305 e. The van der Waals surface area contributed by atoms with Crippen molar-refractivity contribution in [1.29, 1.82) is 0 Å². The van der Waals surface area contributed by atoms with Crippen molar-refractivity contribution in [3.05, 3.63) is 39.7 Å². The smallest absolute Gasteiger partial charge is 0.160 e. The third-order valence-corrected chi connectivity index (χ3v) is 4.07. The molecule has 4 nitrogen and oxygen atoms in total. The first-order chi connectivity index (χ1) is 9.17. The van der Waals surface area contributed by atoms with Crippen LogP contribution in [0.1, 0.15) is 22.1 Å². The van der Waals surface area contributed by atoms with Crippen LogP contribution in [-0.2, 0) is 12.4 Å². The molecule has 0 aliphatic heterocycles. The van der Waals surface area contributed by atoms with Crippen molar-refractivity contribution in [2.45, 2.75) is 26.3 Å². The van der Waals surface area contributed by atoms with Crippen molar-refractivity contribution in [1.82, 2.24) is 19.5 Å². The Bertz CT molecular complexity index is 731. The Kier molecular flexibility index (Phi) is 3.24. The summed E-state index contributed by atoms with van der Waals surface area (Å²) in [4.78, 5) is 13.5. The molecule has 0 radical (unpaired) electrons. The van der Waals surface area contributed by atoms with E-state index in [0.717, 1.165) is 33.3 Å². The Morgan fingerprint density at radius 2 is 2.16 bits per heavy atom. The van der Waals surface area contributed by atoms with Crippen molar-refractivity contribution in [3.8, 4) is 0 Å². The number of pyridine rings is 1. The van der Waals surface area contributed by atoms with Crippen LogP contribution < -0.4 is 0 Å². The highest BCUT2D eigenvalue weighted by Gasteiger charge is 2.13. The normalized spacial score (nSPS) is 11.3. The largest absolute Gasteiger partial charge is 0.305 e. The lowest BCUT2D eigenvalue weighted by molar-refractivity contribution is 0.763. The van der Waals surface area contributed by atoms with Gasteiger partial charge in [-0.15, -0.1) is 22.9 Å². The van der Waals surface area contributed by atoms with Crippen molar-refractivity contribution in [2.75, 3.05) is 0 Å². The molecule has 6 heteroatoms. The first-order valence-electron chi connectivity index (χ1n) is 5.96. The molecule has 0 N–H and O–H groups in total. The van der Waals surface area contributed by atoms with Crippen LogP contribution in [0.4, 0.5) is 0 Å². The molecule has 19 heavy (non-hydrogen) atoms. The minimum atomic E-state index is 0.375. The molecule has 0 atom stereocenters.